The summed E-state index contributed by atoms with van der Waals surface area (Å²) in [5.74, 6) is 1.29. The lowest BCUT2D eigenvalue weighted by molar-refractivity contribution is 0.0273. The van der Waals surface area contributed by atoms with Gasteiger partial charge in [-0.3, -0.25) is 0 Å². The molecule has 0 bridgehead atoms. The Balaban J connectivity index is 1.78. The Morgan fingerprint density at radius 3 is 2.14 bits per heavy atom. The second-order valence-electron chi connectivity index (χ2n) is 5.76. The maximum Gasteiger partial charge on any atom is 0.346 e. The van der Waals surface area contributed by atoms with Gasteiger partial charge in [0.05, 0.1) is 21.3 Å². The van der Waals surface area contributed by atoms with Crippen LogP contribution in [0, 0.1) is 0 Å². The highest BCUT2D eigenvalue weighted by Crippen LogP contribution is 2.31. The van der Waals surface area contributed by atoms with Crippen LogP contribution in [0.5, 0.6) is 17.2 Å². The van der Waals surface area contributed by atoms with Crippen LogP contribution < -0.4 is 14.2 Å². The van der Waals surface area contributed by atoms with E-state index in [2.05, 4.69) is 10.2 Å². The fourth-order valence-electron chi connectivity index (χ4n) is 2.57. The summed E-state index contributed by atoms with van der Waals surface area (Å²) in [5, 5.41) is 7.99. The van der Waals surface area contributed by atoms with Crippen molar-refractivity contribution in [1.29, 1.82) is 0 Å². The fourth-order valence-corrected chi connectivity index (χ4v) is 2.57. The van der Waals surface area contributed by atoms with Crippen molar-refractivity contribution in [2.75, 3.05) is 21.3 Å². The third-order valence-corrected chi connectivity index (χ3v) is 4.04. The first-order valence-electron chi connectivity index (χ1n) is 8.47. The molecule has 0 aliphatic rings. The van der Waals surface area contributed by atoms with Gasteiger partial charge in [-0.2, -0.15) is 0 Å². The molecule has 0 aliphatic carbocycles. The Morgan fingerprint density at radius 2 is 1.57 bits per heavy atom. The molecule has 2 aromatic carbocycles. The van der Waals surface area contributed by atoms with Crippen molar-refractivity contribution in [3.05, 3.63) is 53.9 Å². The molecule has 1 aromatic heterocycles. The summed E-state index contributed by atoms with van der Waals surface area (Å²) in [6.45, 7) is 1.64. The van der Waals surface area contributed by atoms with E-state index in [-0.39, 0.29) is 11.5 Å². The van der Waals surface area contributed by atoms with E-state index >= 15 is 0 Å². The van der Waals surface area contributed by atoms with E-state index in [1.165, 1.54) is 14.2 Å². The zero-order chi connectivity index (χ0) is 20.1. The molecule has 0 spiro atoms. The Labute approximate surface area is 162 Å². The maximum atomic E-state index is 12.6. The largest absolute Gasteiger partial charge is 0.497 e. The van der Waals surface area contributed by atoms with Gasteiger partial charge >= 0.3 is 5.97 Å². The summed E-state index contributed by atoms with van der Waals surface area (Å²) in [5.41, 5.74) is 0.915. The molecule has 0 fully saturated rings. The van der Waals surface area contributed by atoms with E-state index in [1.54, 1.807) is 56.5 Å². The lowest BCUT2D eigenvalue weighted by atomic mass is 10.1. The van der Waals surface area contributed by atoms with Gasteiger partial charge in [-0.25, -0.2) is 4.79 Å². The molecule has 0 radical (unpaired) electrons. The van der Waals surface area contributed by atoms with Crippen molar-refractivity contribution in [1.82, 2.24) is 10.2 Å². The molecule has 0 N–H and O–H groups in total. The van der Waals surface area contributed by atoms with Crippen LogP contribution in [0.3, 0.4) is 0 Å². The number of carbonyl (C=O) groups is 1. The number of esters is 1. The van der Waals surface area contributed by atoms with Crippen LogP contribution in [0.4, 0.5) is 0 Å². The SMILES string of the molecule is COc1ccc(-c2nnc([C@@H](C)OC(=O)c3c(OC)cccc3OC)o2)cc1. The van der Waals surface area contributed by atoms with Gasteiger partial charge in [0.25, 0.3) is 5.89 Å². The molecule has 1 heterocycles. The highest BCUT2D eigenvalue weighted by Gasteiger charge is 2.25. The number of hydrogen-bond donors (Lipinski definition) is 0. The van der Waals surface area contributed by atoms with Gasteiger partial charge in [-0.15, -0.1) is 10.2 Å². The van der Waals surface area contributed by atoms with E-state index in [0.29, 0.717) is 17.4 Å². The summed E-state index contributed by atoms with van der Waals surface area (Å²) < 4.78 is 26.7. The number of carbonyl (C=O) groups excluding carboxylic acids is 1. The van der Waals surface area contributed by atoms with E-state index in [0.717, 1.165) is 11.3 Å². The van der Waals surface area contributed by atoms with Crippen molar-refractivity contribution >= 4 is 5.97 Å². The average Bonchev–Trinajstić information content (AvgIpc) is 3.23. The Bertz CT molecular complexity index is 929. The molecule has 0 saturated carbocycles. The Kier molecular flexibility index (Phi) is 5.78. The molecule has 28 heavy (non-hydrogen) atoms. The minimum Gasteiger partial charge on any atom is -0.497 e. The van der Waals surface area contributed by atoms with E-state index in [9.17, 15) is 4.79 Å². The predicted molar refractivity (Wildman–Crippen MR) is 99.7 cm³/mol. The summed E-state index contributed by atoms with van der Waals surface area (Å²) in [7, 11) is 4.52. The Morgan fingerprint density at radius 1 is 0.929 bits per heavy atom. The molecule has 3 aromatic rings. The van der Waals surface area contributed by atoms with Gasteiger partial charge in [0.1, 0.15) is 22.8 Å². The topological polar surface area (TPSA) is 92.9 Å². The third-order valence-electron chi connectivity index (χ3n) is 4.04. The summed E-state index contributed by atoms with van der Waals surface area (Å²) in [4.78, 5) is 12.6. The monoisotopic (exact) mass is 384 g/mol. The molecule has 1 atom stereocenters. The van der Waals surface area contributed by atoms with Crippen molar-refractivity contribution in [2.45, 2.75) is 13.0 Å². The highest BCUT2D eigenvalue weighted by molar-refractivity contribution is 5.95. The van der Waals surface area contributed by atoms with Gasteiger partial charge in [0, 0.05) is 5.56 Å². The van der Waals surface area contributed by atoms with Crippen LogP contribution in [0.1, 0.15) is 29.3 Å². The van der Waals surface area contributed by atoms with Crippen LogP contribution >= 0.6 is 0 Å². The van der Waals surface area contributed by atoms with Crippen molar-refractivity contribution in [3.8, 4) is 28.7 Å². The molecule has 0 saturated heterocycles. The first-order chi connectivity index (χ1) is 13.6. The standard InChI is InChI=1S/C20H20N2O6/c1-12(27-20(23)17-15(25-3)6-5-7-16(17)26-4)18-21-22-19(28-18)13-8-10-14(24-2)11-9-13/h5-12H,1-4H3/t12-/m1/s1. The summed E-state index contributed by atoms with van der Waals surface area (Å²) >= 11 is 0. The van der Waals surface area contributed by atoms with E-state index < -0.39 is 12.1 Å². The first kappa shape index (κ1) is 19.2. The number of nitrogens with zero attached hydrogens (tertiary/aromatic N) is 2. The van der Waals surface area contributed by atoms with Crippen LogP contribution in [0.2, 0.25) is 0 Å². The number of hydrogen-bond acceptors (Lipinski definition) is 8. The molecular weight excluding hydrogens is 364 g/mol. The molecule has 8 nitrogen and oxygen atoms in total. The Hall–Kier alpha value is -3.55. The maximum absolute atomic E-state index is 12.6. The predicted octanol–water partition coefficient (Wildman–Crippen LogP) is 3.68. The van der Waals surface area contributed by atoms with Gasteiger partial charge < -0.3 is 23.4 Å². The normalized spacial score (nSPS) is 11.6. The molecule has 0 amide bonds. The zero-order valence-corrected chi connectivity index (χ0v) is 16.0. The van der Waals surface area contributed by atoms with E-state index in [4.69, 9.17) is 23.4 Å². The molecular formula is C20H20N2O6. The number of methoxy groups -OCH3 is 3. The van der Waals surface area contributed by atoms with Crippen LogP contribution in [-0.2, 0) is 4.74 Å². The second-order valence-corrected chi connectivity index (χ2v) is 5.76. The van der Waals surface area contributed by atoms with E-state index in [1.807, 2.05) is 0 Å². The molecule has 3 rings (SSSR count). The quantitative estimate of drug-likeness (QED) is 0.570. The molecule has 0 aliphatic heterocycles. The van der Waals surface area contributed by atoms with Crippen LogP contribution in [0.25, 0.3) is 11.5 Å². The minimum absolute atomic E-state index is 0.174. The lowest BCUT2D eigenvalue weighted by Gasteiger charge is -2.14. The number of aromatic nitrogens is 2. The number of ether oxygens (including phenoxy) is 4. The lowest BCUT2D eigenvalue weighted by Crippen LogP contribution is -2.12. The van der Waals surface area contributed by atoms with Gasteiger partial charge in [0.15, 0.2) is 6.10 Å². The second kappa shape index (κ2) is 8.43. The summed E-state index contributed by atoms with van der Waals surface area (Å²) in [6, 6.07) is 12.2. The average molecular weight is 384 g/mol. The third kappa shape index (κ3) is 3.90. The zero-order valence-electron chi connectivity index (χ0n) is 16.0. The number of benzene rings is 2. The van der Waals surface area contributed by atoms with Crippen LogP contribution in [0.15, 0.2) is 46.9 Å². The van der Waals surface area contributed by atoms with Gasteiger partial charge in [0.2, 0.25) is 5.89 Å². The smallest absolute Gasteiger partial charge is 0.346 e. The number of rotatable bonds is 7. The minimum atomic E-state index is -0.762. The van der Waals surface area contributed by atoms with Gasteiger partial charge in [-0.05, 0) is 43.3 Å². The van der Waals surface area contributed by atoms with Crippen LogP contribution in [-0.4, -0.2) is 37.5 Å². The first-order valence-corrected chi connectivity index (χ1v) is 8.47. The molecule has 8 heteroatoms. The summed E-state index contributed by atoms with van der Waals surface area (Å²) in [6.07, 6.45) is -0.762. The molecule has 0 unspecified atom stereocenters. The molecule has 146 valence electrons. The van der Waals surface area contributed by atoms with Gasteiger partial charge in [-0.1, -0.05) is 6.07 Å². The van der Waals surface area contributed by atoms with Crippen molar-refractivity contribution < 1.29 is 28.2 Å². The van der Waals surface area contributed by atoms with Crippen molar-refractivity contribution in [2.24, 2.45) is 0 Å². The van der Waals surface area contributed by atoms with Crippen molar-refractivity contribution in [3.63, 3.8) is 0 Å². The highest BCUT2D eigenvalue weighted by atomic mass is 16.6. The fraction of sp³-hybridized carbons (Fsp3) is 0.250.